The van der Waals surface area contributed by atoms with Crippen LogP contribution in [0.15, 0.2) is 36.4 Å². The summed E-state index contributed by atoms with van der Waals surface area (Å²) in [5.41, 5.74) is 1.96. The van der Waals surface area contributed by atoms with Crippen LogP contribution in [0.3, 0.4) is 0 Å². The molecule has 0 aromatic heterocycles. The van der Waals surface area contributed by atoms with Crippen LogP contribution in [-0.4, -0.2) is 47.6 Å². The van der Waals surface area contributed by atoms with E-state index in [9.17, 15) is 9.59 Å². The third kappa shape index (κ3) is 5.10. The molecule has 6 nitrogen and oxygen atoms in total. The number of benzene rings is 1. The molecular weight excluding hydrogens is 296 g/mol. The molecule has 1 atom stereocenters. The molecule has 0 bridgehead atoms. The van der Waals surface area contributed by atoms with Crippen LogP contribution >= 0.6 is 0 Å². The topological polar surface area (TPSA) is 78.9 Å². The zero-order valence-corrected chi connectivity index (χ0v) is 13.2. The van der Waals surface area contributed by atoms with Crippen molar-refractivity contribution in [1.82, 2.24) is 10.2 Å². The molecule has 1 aliphatic heterocycles. The molecule has 0 radical (unpaired) electrons. The number of carboxylic acids is 1. The van der Waals surface area contributed by atoms with Crippen LogP contribution in [0, 0.1) is 0 Å². The number of carboxylic acid groups (broad SMARTS) is 1. The number of nitrogens with one attached hydrogen (secondary N) is 1. The van der Waals surface area contributed by atoms with Crippen LogP contribution in [0.25, 0.3) is 0 Å². The van der Waals surface area contributed by atoms with E-state index in [1.54, 1.807) is 0 Å². The smallest absolute Gasteiger partial charge is 0.305 e. The van der Waals surface area contributed by atoms with E-state index in [1.807, 2.05) is 36.1 Å². The van der Waals surface area contributed by atoms with Crippen molar-refractivity contribution in [3.05, 3.63) is 42.0 Å². The SMILES string of the molecule is C=C(C)COc1ccc(CN2CCNC(=O)C2CC(=O)O)cc1. The average molecular weight is 318 g/mol. The first kappa shape index (κ1) is 17.0. The van der Waals surface area contributed by atoms with Crippen LogP contribution in [0.2, 0.25) is 0 Å². The molecule has 1 saturated heterocycles. The predicted molar refractivity (Wildman–Crippen MR) is 86.2 cm³/mol. The molecule has 2 rings (SSSR count). The van der Waals surface area contributed by atoms with Crippen molar-refractivity contribution in [1.29, 1.82) is 0 Å². The van der Waals surface area contributed by atoms with Gasteiger partial charge in [0.2, 0.25) is 5.91 Å². The van der Waals surface area contributed by atoms with Gasteiger partial charge in [-0.2, -0.15) is 0 Å². The van der Waals surface area contributed by atoms with Crippen molar-refractivity contribution in [2.45, 2.75) is 25.9 Å². The lowest BCUT2D eigenvalue weighted by Crippen LogP contribution is -2.55. The molecule has 2 N–H and O–H groups in total. The molecule has 1 aromatic rings. The van der Waals surface area contributed by atoms with Crippen molar-refractivity contribution in [3.63, 3.8) is 0 Å². The molecular formula is C17H22N2O4. The minimum absolute atomic E-state index is 0.189. The summed E-state index contributed by atoms with van der Waals surface area (Å²) in [7, 11) is 0. The Kier molecular flexibility index (Phi) is 5.76. The molecule has 6 heteroatoms. The van der Waals surface area contributed by atoms with Gasteiger partial charge in [0.1, 0.15) is 18.4 Å². The standard InChI is InChI=1S/C17H22N2O4/c1-12(2)11-23-14-5-3-13(4-6-14)10-19-8-7-18-17(22)15(19)9-16(20)21/h3-6,15H,1,7-11H2,2H3,(H,18,22)(H,20,21). The fraction of sp³-hybridized carbons (Fsp3) is 0.412. The number of hydrogen-bond acceptors (Lipinski definition) is 4. The Balaban J connectivity index is 2.00. The van der Waals surface area contributed by atoms with Crippen LogP contribution < -0.4 is 10.1 Å². The van der Waals surface area contributed by atoms with Gasteiger partial charge in [0.05, 0.1) is 6.42 Å². The molecule has 1 fully saturated rings. The van der Waals surface area contributed by atoms with Crippen LogP contribution in [0.5, 0.6) is 5.75 Å². The summed E-state index contributed by atoms with van der Waals surface area (Å²) in [6.07, 6.45) is -0.189. The predicted octanol–water partition coefficient (Wildman–Crippen LogP) is 1.42. The fourth-order valence-corrected chi connectivity index (χ4v) is 2.47. The van der Waals surface area contributed by atoms with Crippen LogP contribution in [-0.2, 0) is 16.1 Å². The van der Waals surface area contributed by atoms with Gasteiger partial charge in [0.25, 0.3) is 0 Å². The first-order chi connectivity index (χ1) is 11.0. The van der Waals surface area contributed by atoms with Crippen molar-refractivity contribution < 1.29 is 19.4 Å². The number of nitrogens with zero attached hydrogens (tertiary/aromatic N) is 1. The highest BCUT2D eigenvalue weighted by molar-refractivity contribution is 5.86. The Morgan fingerprint density at radius 2 is 2.13 bits per heavy atom. The number of aliphatic carboxylic acids is 1. The van der Waals surface area contributed by atoms with Crippen molar-refractivity contribution in [2.75, 3.05) is 19.7 Å². The van der Waals surface area contributed by atoms with Crippen LogP contribution in [0.1, 0.15) is 18.9 Å². The number of carbonyl (C=O) groups is 2. The first-order valence-electron chi connectivity index (χ1n) is 7.55. The second-order valence-corrected chi connectivity index (χ2v) is 5.76. The number of amides is 1. The van der Waals surface area contributed by atoms with Gasteiger partial charge >= 0.3 is 5.97 Å². The maximum atomic E-state index is 11.9. The molecule has 23 heavy (non-hydrogen) atoms. The molecule has 0 spiro atoms. The van der Waals surface area contributed by atoms with E-state index >= 15 is 0 Å². The monoisotopic (exact) mass is 318 g/mol. The Hall–Kier alpha value is -2.34. The van der Waals surface area contributed by atoms with Gasteiger partial charge in [-0.1, -0.05) is 18.7 Å². The van der Waals surface area contributed by atoms with Gasteiger partial charge < -0.3 is 15.2 Å². The lowest BCUT2D eigenvalue weighted by atomic mass is 10.1. The number of hydrogen-bond donors (Lipinski definition) is 2. The Morgan fingerprint density at radius 1 is 1.43 bits per heavy atom. The van der Waals surface area contributed by atoms with E-state index in [2.05, 4.69) is 11.9 Å². The van der Waals surface area contributed by atoms with Gasteiger partial charge in [-0.05, 0) is 30.2 Å². The Morgan fingerprint density at radius 3 is 2.74 bits per heavy atom. The van der Waals surface area contributed by atoms with Gasteiger partial charge in [-0.25, -0.2) is 0 Å². The number of carbonyl (C=O) groups excluding carboxylic acids is 1. The summed E-state index contributed by atoms with van der Waals surface area (Å²) < 4.78 is 5.55. The summed E-state index contributed by atoms with van der Waals surface area (Å²) in [4.78, 5) is 24.7. The van der Waals surface area contributed by atoms with Gasteiger partial charge in [0.15, 0.2) is 0 Å². The zero-order valence-electron chi connectivity index (χ0n) is 13.2. The molecule has 1 heterocycles. The number of piperazine rings is 1. The van der Waals surface area contributed by atoms with Crippen molar-refractivity contribution in [2.24, 2.45) is 0 Å². The normalized spacial score (nSPS) is 18.3. The largest absolute Gasteiger partial charge is 0.489 e. The third-order valence-electron chi connectivity index (χ3n) is 3.60. The molecule has 0 saturated carbocycles. The average Bonchev–Trinajstić information content (AvgIpc) is 2.49. The van der Waals surface area contributed by atoms with Gasteiger partial charge in [0, 0.05) is 19.6 Å². The molecule has 1 aromatic carbocycles. The highest BCUT2D eigenvalue weighted by Gasteiger charge is 2.31. The van der Waals surface area contributed by atoms with Crippen LogP contribution in [0.4, 0.5) is 0 Å². The summed E-state index contributed by atoms with van der Waals surface area (Å²) in [6.45, 7) is 7.87. The van der Waals surface area contributed by atoms with E-state index in [4.69, 9.17) is 9.84 Å². The Labute approximate surface area is 135 Å². The molecule has 0 aliphatic carbocycles. The molecule has 1 unspecified atom stereocenters. The summed E-state index contributed by atoms with van der Waals surface area (Å²) in [5, 5.41) is 11.7. The second-order valence-electron chi connectivity index (χ2n) is 5.76. The number of ether oxygens (including phenoxy) is 1. The second kappa shape index (κ2) is 7.78. The summed E-state index contributed by atoms with van der Waals surface area (Å²) in [5.74, 6) is -0.434. The van der Waals surface area contributed by atoms with E-state index in [1.165, 1.54) is 0 Å². The highest BCUT2D eigenvalue weighted by Crippen LogP contribution is 2.17. The zero-order chi connectivity index (χ0) is 16.8. The van der Waals surface area contributed by atoms with E-state index in [0.29, 0.717) is 26.2 Å². The maximum absolute atomic E-state index is 11.9. The molecule has 1 amide bonds. The van der Waals surface area contributed by atoms with Gasteiger partial charge in [-0.15, -0.1) is 0 Å². The highest BCUT2D eigenvalue weighted by atomic mass is 16.5. The van der Waals surface area contributed by atoms with Crippen molar-refractivity contribution in [3.8, 4) is 5.75 Å². The molecule has 124 valence electrons. The lowest BCUT2D eigenvalue weighted by molar-refractivity contribution is -0.143. The van der Waals surface area contributed by atoms with E-state index in [0.717, 1.165) is 16.9 Å². The lowest BCUT2D eigenvalue weighted by Gasteiger charge is -2.34. The maximum Gasteiger partial charge on any atom is 0.305 e. The molecule has 1 aliphatic rings. The quantitative estimate of drug-likeness (QED) is 0.743. The van der Waals surface area contributed by atoms with E-state index in [-0.39, 0.29) is 12.3 Å². The Bertz CT molecular complexity index is 583. The third-order valence-corrected chi connectivity index (χ3v) is 3.60. The minimum Gasteiger partial charge on any atom is -0.489 e. The first-order valence-corrected chi connectivity index (χ1v) is 7.55. The number of rotatable bonds is 7. The van der Waals surface area contributed by atoms with E-state index < -0.39 is 12.0 Å². The van der Waals surface area contributed by atoms with Crippen molar-refractivity contribution >= 4 is 11.9 Å². The minimum atomic E-state index is -0.972. The fourth-order valence-electron chi connectivity index (χ4n) is 2.47. The summed E-state index contributed by atoms with van der Waals surface area (Å²) >= 11 is 0. The summed E-state index contributed by atoms with van der Waals surface area (Å²) in [6, 6.07) is 6.97. The van der Waals surface area contributed by atoms with Gasteiger partial charge in [-0.3, -0.25) is 14.5 Å².